The van der Waals surface area contributed by atoms with Gasteiger partial charge in [-0.25, -0.2) is 8.78 Å². The SMILES string of the molecule is CC[C@@]1(C#N)CC(F)(F)CN1C(=O)CCC(=O)c1ccncc1/C=C/c1ccc2cc(Cl)ccc2c1. The van der Waals surface area contributed by atoms with Crippen LogP contribution in [0.5, 0.6) is 0 Å². The topological polar surface area (TPSA) is 74.1 Å². The number of Topliss-reactive ketones (excluding diaryl/α,β-unsaturated/α-hetero) is 1. The number of nitriles is 1. The first kappa shape index (κ1) is 25.5. The van der Waals surface area contributed by atoms with Crippen LogP contribution >= 0.6 is 11.6 Å². The van der Waals surface area contributed by atoms with Crippen molar-refractivity contribution in [2.75, 3.05) is 6.54 Å². The van der Waals surface area contributed by atoms with Crippen molar-refractivity contribution in [3.05, 3.63) is 76.6 Å². The van der Waals surface area contributed by atoms with Gasteiger partial charge in [0.25, 0.3) is 5.92 Å². The zero-order valence-electron chi connectivity index (χ0n) is 19.7. The van der Waals surface area contributed by atoms with E-state index in [1.807, 2.05) is 48.5 Å². The lowest BCUT2D eigenvalue weighted by atomic mass is 9.93. The van der Waals surface area contributed by atoms with E-state index in [1.54, 1.807) is 25.3 Å². The first-order valence-electron chi connectivity index (χ1n) is 11.6. The third-order valence-electron chi connectivity index (χ3n) is 6.55. The molecule has 1 saturated heterocycles. The second-order valence-electron chi connectivity index (χ2n) is 8.98. The maximum Gasteiger partial charge on any atom is 0.268 e. The second-order valence-corrected chi connectivity index (χ2v) is 9.42. The van der Waals surface area contributed by atoms with E-state index in [0.717, 1.165) is 21.2 Å². The molecule has 1 aliphatic heterocycles. The quantitative estimate of drug-likeness (QED) is 0.339. The molecule has 0 aliphatic carbocycles. The van der Waals surface area contributed by atoms with Gasteiger partial charge < -0.3 is 4.90 Å². The van der Waals surface area contributed by atoms with E-state index in [1.165, 1.54) is 6.20 Å². The van der Waals surface area contributed by atoms with Gasteiger partial charge in [0.2, 0.25) is 5.91 Å². The van der Waals surface area contributed by atoms with E-state index in [2.05, 4.69) is 4.98 Å². The number of fused-ring (bicyclic) bond motifs is 1. The number of likely N-dealkylation sites (tertiary alicyclic amines) is 1. The normalized spacial score (nSPS) is 19.0. The largest absolute Gasteiger partial charge is 0.318 e. The molecule has 0 bridgehead atoms. The molecule has 2 aromatic carbocycles. The Hall–Kier alpha value is -3.63. The Bertz CT molecular complexity index is 1400. The predicted molar refractivity (Wildman–Crippen MR) is 136 cm³/mol. The molecular weight excluding hydrogens is 484 g/mol. The molecule has 184 valence electrons. The fourth-order valence-electron chi connectivity index (χ4n) is 4.59. The molecule has 2 heterocycles. The highest BCUT2D eigenvalue weighted by atomic mass is 35.5. The number of rotatable bonds is 7. The van der Waals surface area contributed by atoms with E-state index in [9.17, 15) is 23.6 Å². The minimum Gasteiger partial charge on any atom is -0.318 e. The van der Waals surface area contributed by atoms with Gasteiger partial charge in [0, 0.05) is 47.8 Å². The van der Waals surface area contributed by atoms with Crippen LogP contribution in [0.2, 0.25) is 5.02 Å². The zero-order valence-corrected chi connectivity index (χ0v) is 20.4. The Labute approximate surface area is 213 Å². The first-order valence-corrected chi connectivity index (χ1v) is 12.0. The number of pyridine rings is 1. The van der Waals surface area contributed by atoms with Gasteiger partial charge in [-0.2, -0.15) is 5.26 Å². The molecular formula is C28H24ClF2N3O2. The smallest absolute Gasteiger partial charge is 0.268 e. The summed E-state index contributed by atoms with van der Waals surface area (Å²) in [5.41, 5.74) is 0.346. The van der Waals surface area contributed by atoms with E-state index >= 15 is 0 Å². The summed E-state index contributed by atoms with van der Waals surface area (Å²) >= 11 is 6.05. The highest BCUT2D eigenvalue weighted by Gasteiger charge is 2.56. The Morgan fingerprint density at radius 1 is 1.14 bits per heavy atom. The summed E-state index contributed by atoms with van der Waals surface area (Å²) in [6.45, 7) is 0.805. The summed E-state index contributed by atoms with van der Waals surface area (Å²) in [7, 11) is 0. The van der Waals surface area contributed by atoms with Crippen LogP contribution in [0.25, 0.3) is 22.9 Å². The lowest BCUT2D eigenvalue weighted by Gasteiger charge is -2.30. The van der Waals surface area contributed by atoms with Crippen LogP contribution in [0.15, 0.2) is 54.9 Å². The molecule has 0 unspecified atom stereocenters. The maximum absolute atomic E-state index is 14.0. The predicted octanol–water partition coefficient (Wildman–Crippen LogP) is 6.56. The Morgan fingerprint density at radius 3 is 2.64 bits per heavy atom. The van der Waals surface area contributed by atoms with Crippen molar-refractivity contribution in [3.63, 3.8) is 0 Å². The van der Waals surface area contributed by atoms with Crippen molar-refractivity contribution in [3.8, 4) is 6.07 Å². The number of hydrogen-bond donors (Lipinski definition) is 0. The lowest BCUT2D eigenvalue weighted by molar-refractivity contribution is -0.134. The molecule has 1 aromatic heterocycles. The molecule has 0 radical (unpaired) electrons. The average molecular weight is 508 g/mol. The van der Waals surface area contributed by atoms with Gasteiger partial charge in [0.15, 0.2) is 5.78 Å². The minimum absolute atomic E-state index is 0.0971. The van der Waals surface area contributed by atoms with Crippen LogP contribution in [0, 0.1) is 11.3 Å². The summed E-state index contributed by atoms with van der Waals surface area (Å²) in [5.74, 6) is -4.04. The van der Waals surface area contributed by atoms with Crippen molar-refractivity contribution >= 4 is 46.2 Å². The standard InChI is InChI=1S/C28H24ClF2N3O2/c1-2-27(17-32)16-28(30,31)18-34(27)26(36)10-9-25(35)24-11-12-33-15-22(24)6-4-19-3-5-21-14-23(29)8-7-20(21)13-19/h3-8,11-15H,2,9-10,16,18H2,1H3/b6-4+/t27-/m0/s1. The van der Waals surface area contributed by atoms with Gasteiger partial charge in [0.05, 0.1) is 12.6 Å². The van der Waals surface area contributed by atoms with Crippen LogP contribution in [0.3, 0.4) is 0 Å². The van der Waals surface area contributed by atoms with Gasteiger partial charge >= 0.3 is 0 Å². The number of hydrogen-bond acceptors (Lipinski definition) is 4. The van der Waals surface area contributed by atoms with E-state index in [4.69, 9.17) is 11.6 Å². The fraction of sp³-hybridized carbons (Fsp3) is 0.286. The van der Waals surface area contributed by atoms with Gasteiger partial charge in [-0.1, -0.05) is 48.9 Å². The number of alkyl halides is 2. The Balaban J connectivity index is 1.48. The van der Waals surface area contributed by atoms with Crippen LogP contribution in [0.1, 0.15) is 54.1 Å². The summed E-state index contributed by atoms with van der Waals surface area (Å²) in [6, 6.07) is 15.0. The highest BCUT2D eigenvalue weighted by molar-refractivity contribution is 6.31. The monoisotopic (exact) mass is 507 g/mol. The van der Waals surface area contributed by atoms with Gasteiger partial charge in [-0.05, 0) is 47.0 Å². The van der Waals surface area contributed by atoms with Crippen LogP contribution in [0.4, 0.5) is 8.78 Å². The number of halogens is 3. The number of benzene rings is 2. The summed E-state index contributed by atoms with van der Waals surface area (Å²) in [6.07, 6.45) is 5.69. The number of amides is 1. The highest BCUT2D eigenvalue weighted by Crippen LogP contribution is 2.41. The van der Waals surface area contributed by atoms with Crippen LogP contribution < -0.4 is 0 Å². The second kappa shape index (κ2) is 10.2. The molecule has 1 fully saturated rings. The maximum atomic E-state index is 14.0. The fourth-order valence-corrected chi connectivity index (χ4v) is 4.77. The summed E-state index contributed by atoms with van der Waals surface area (Å²) in [4.78, 5) is 30.8. The molecule has 0 saturated carbocycles. The van der Waals surface area contributed by atoms with Gasteiger partial charge in [-0.15, -0.1) is 0 Å². The lowest BCUT2D eigenvalue weighted by Crippen LogP contribution is -2.46. The van der Waals surface area contributed by atoms with Gasteiger partial charge in [0.1, 0.15) is 5.54 Å². The Kier molecular flexibility index (Phi) is 7.18. The molecule has 3 aromatic rings. The molecule has 1 atom stereocenters. The summed E-state index contributed by atoms with van der Waals surface area (Å²) in [5, 5.41) is 12.2. The molecule has 0 N–H and O–H groups in total. The third-order valence-corrected chi connectivity index (χ3v) is 6.79. The molecule has 36 heavy (non-hydrogen) atoms. The van der Waals surface area contributed by atoms with Crippen molar-refractivity contribution in [2.45, 2.75) is 44.1 Å². The summed E-state index contributed by atoms with van der Waals surface area (Å²) < 4.78 is 28.1. The van der Waals surface area contributed by atoms with E-state index in [-0.39, 0.29) is 25.0 Å². The van der Waals surface area contributed by atoms with Crippen molar-refractivity contribution in [1.29, 1.82) is 5.26 Å². The third kappa shape index (κ3) is 5.29. The molecule has 1 aliphatic rings. The zero-order chi connectivity index (χ0) is 25.9. The number of carbonyl (C=O) groups is 2. The average Bonchev–Trinajstić information content (AvgIpc) is 3.17. The molecule has 0 spiro atoms. The number of ketones is 1. The number of carbonyl (C=O) groups excluding carboxylic acids is 2. The van der Waals surface area contributed by atoms with Gasteiger partial charge in [-0.3, -0.25) is 14.6 Å². The Morgan fingerprint density at radius 2 is 1.89 bits per heavy atom. The van der Waals surface area contributed by atoms with Crippen molar-refractivity contribution in [2.24, 2.45) is 0 Å². The molecule has 1 amide bonds. The van der Waals surface area contributed by atoms with E-state index < -0.39 is 30.3 Å². The van der Waals surface area contributed by atoms with Crippen molar-refractivity contribution < 1.29 is 18.4 Å². The molecule has 8 heteroatoms. The first-order chi connectivity index (χ1) is 17.2. The molecule has 4 rings (SSSR count). The van der Waals surface area contributed by atoms with E-state index in [0.29, 0.717) is 16.1 Å². The number of nitrogens with zero attached hydrogens (tertiary/aromatic N) is 3. The van der Waals surface area contributed by atoms with Crippen LogP contribution in [-0.4, -0.2) is 39.6 Å². The minimum atomic E-state index is -3.12. The van der Waals surface area contributed by atoms with Crippen LogP contribution in [-0.2, 0) is 4.79 Å². The molecule has 5 nitrogen and oxygen atoms in total. The van der Waals surface area contributed by atoms with Crippen molar-refractivity contribution in [1.82, 2.24) is 9.88 Å². The number of aromatic nitrogens is 1.